The Balaban J connectivity index is 0.000000245. The fraction of sp³-hybridized carbons (Fsp3) is 0.368. The van der Waals surface area contributed by atoms with Gasteiger partial charge >= 0.3 is 18.1 Å². The minimum absolute atomic E-state index is 0.396. The van der Waals surface area contributed by atoms with E-state index < -0.39 is 30.1 Å². The van der Waals surface area contributed by atoms with Gasteiger partial charge in [0.05, 0.1) is 5.69 Å². The molecule has 1 aliphatic carbocycles. The number of primary amides is 1. The molecule has 0 saturated carbocycles. The Morgan fingerprint density at radius 2 is 1.74 bits per heavy atom. The molecule has 2 aromatic rings. The normalized spacial score (nSPS) is 15.8. The fourth-order valence-corrected chi connectivity index (χ4v) is 3.41. The van der Waals surface area contributed by atoms with Crippen molar-refractivity contribution in [3.05, 3.63) is 51.5 Å². The van der Waals surface area contributed by atoms with Gasteiger partial charge in [0.25, 0.3) is 5.91 Å². The van der Waals surface area contributed by atoms with E-state index in [9.17, 15) is 22.8 Å². The highest BCUT2D eigenvalue weighted by molar-refractivity contribution is 7.13. The molecule has 1 amide bonds. The zero-order valence-electron chi connectivity index (χ0n) is 16.4. The summed E-state index contributed by atoms with van der Waals surface area (Å²) in [6.45, 7) is 2.21. The number of fused-ring (bicyclic) bond motifs is 1. The van der Waals surface area contributed by atoms with Gasteiger partial charge in [-0.15, -0.1) is 11.3 Å². The molecule has 2 atom stereocenters. The van der Waals surface area contributed by atoms with Crippen LogP contribution in [0.15, 0.2) is 30.3 Å². The predicted molar refractivity (Wildman–Crippen MR) is 107 cm³/mol. The maximum absolute atomic E-state index is 10.9. The van der Waals surface area contributed by atoms with Crippen molar-refractivity contribution in [2.45, 2.75) is 38.4 Å². The van der Waals surface area contributed by atoms with Gasteiger partial charge in [0.15, 0.2) is 5.01 Å². The van der Waals surface area contributed by atoms with Crippen molar-refractivity contribution in [3.8, 4) is 0 Å². The lowest BCUT2D eigenvalue weighted by molar-refractivity contribution is -0.192. The van der Waals surface area contributed by atoms with Gasteiger partial charge < -0.3 is 21.7 Å². The molecule has 31 heavy (non-hydrogen) atoms. The van der Waals surface area contributed by atoms with Crippen molar-refractivity contribution in [1.82, 2.24) is 4.98 Å². The Morgan fingerprint density at radius 1 is 1.19 bits per heavy atom. The van der Waals surface area contributed by atoms with Crippen LogP contribution in [0.2, 0.25) is 0 Å². The number of nitrogens with two attached hydrogens (primary N) is 2. The summed E-state index contributed by atoms with van der Waals surface area (Å²) in [4.78, 5) is 35.6. The molecule has 1 heterocycles. The number of carbonyl (C=O) groups excluding carboxylic acids is 1. The highest BCUT2D eigenvalue weighted by Gasteiger charge is 2.38. The third-order valence-electron chi connectivity index (χ3n) is 4.06. The summed E-state index contributed by atoms with van der Waals surface area (Å²) in [5.74, 6) is -3.47. The zero-order chi connectivity index (χ0) is 23.8. The standard InChI is InChI=1S/C9H12N2OS.C8H9NO2.C2HF3O2/c1-5-2-3-7-6(4-5)11-9(13-7)8(10)12;9-7(8(10)11)6-4-2-1-3-5-6;3-2(4,5)1(6)7/h5H,2-4H2,1H3,(H2,10,12);1-5,7H,9H2,(H,10,11);(H,6,7)/t;7-;/m.0./s1. The molecule has 1 aromatic carbocycles. The van der Waals surface area contributed by atoms with Crippen LogP contribution in [-0.4, -0.2) is 39.2 Å². The summed E-state index contributed by atoms with van der Waals surface area (Å²) < 4.78 is 31.7. The van der Waals surface area contributed by atoms with E-state index in [2.05, 4.69) is 11.9 Å². The highest BCUT2D eigenvalue weighted by Crippen LogP contribution is 2.29. The average Bonchev–Trinajstić information content (AvgIpc) is 3.12. The SMILES string of the molecule is CC1CCc2sc(C(N)=O)nc2C1.N[C@H](C(=O)O)c1ccccc1.O=C(O)C(F)(F)F. The van der Waals surface area contributed by atoms with Crippen LogP contribution in [0.1, 0.15) is 45.3 Å². The molecule has 170 valence electrons. The van der Waals surface area contributed by atoms with Crippen molar-refractivity contribution in [2.24, 2.45) is 17.4 Å². The third-order valence-corrected chi connectivity index (χ3v) is 5.23. The summed E-state index contributed by atoms with van der Waals surface area (Å²) >= 11 is 1.46. The number of aryl methyl sites for hydroxylation is 1. The summed E-state index contributed by atoms with van der Waals surface area (Å²) in [7, 11) is 0. The van der Waals surface area contributed by atoms with Gasteiger partial charge in [0, 0.05) is 4.88 Å². The van der Waals surface area contributed by atoms with Crippen LogP contribution in [-0.2, 0) is 22.4 Å². The second-order valence-corrected chi connectivity index (χ2v) is 7.71. The van der Waals surface area contributed by atoms with E-state index in [4.69, 9.17) is 26.5 Å². The maximum atomic E-state index is 10.9. The number of alkyl halides is 3. The van der Waals surface area contributed by atoms with Crippen LogP contribution in [0, 0.1) is 5.92 Å². The lowest BCUT2D eigenvalue weighted by Gasteiger charge is -2.15. The lowest BCUT2D eigenvalue weighted by Crippen LogP contribution is -2.21. The van der Waals surface area contributed by atoms with E-state index in [0.717, 1.165) is 18.5 Å². The maximum Gasteiger partial charge on any atom is 0.490 e. The molecule has 0 spiro atoms. The van der Waals surface area contributed by atoms with Crippen molar-refractivity contribution in [3.63, 3.8) is 0 Å². The molecule has 0 fully saturated rings. The summed E-state index contributed by atoms with van der Waals surface area (Å²) in [5, 5.41) is 16.1. The highest BCUT2D eigenvalue weighted by atomic mass is 32.1. The molecule has 0 aliphatic heterocycles. The number of benzene rings is 1. The minimum atomic E-state index is -5.08. The molecule has 6 N–H and O–H groups in total. The predicted octanol–water partition coefficient (Wildman–Crippen LogP) is 2.77. The number of carbonyl (C=O) groups is 3. The number of carboxylic acids is 2. The number of aromatic nitrogens is 1. The van der Waals surface area contributed by atoms with Crippen molar-refractivity contribution >= 4 is 29.2 Å². The third kappa shape index (κ3) is 8.72. The van der Waals surface area contributed by atoms with Crippen LogP contribution in [0.3, 0.4) is 0 Å². The van der Waals surface area contributed by atoms with Gasteiger partial charge in [-0.1, -0.05) is 37.3 Å². The molecule has 1 unspecified atom stereocenters. The average molecular weight is 461 g/mol. The van der Waals surface area contributed by atoms with Crippen LogP contribution >= 0.6 is 11.3 Å². The summed E-state index contributed by atoms with van der Waals surface area (Å²) in [6, 6.07) is 7.82. The molecule has 12 heteroatoms. The number of hydrogen-bond acceptors (Lipinski definition) is 6. The smallest absolute Gasteiger partial charge is 0.480 e. The Labute approximate surface area is 179 Å². The Bertz CT molecular complexity index is 903. The molecule has 0 radical (unpaired) electrons. The van der Waals surface area contributed by atoms with E-state index >= 15 is 0 Å². The lowest BCUT2D eigenvalue weighted by atomic mass is 9.93. The molecule has 1 aromatic heterocycles. The molecule has 0 bridgehead atoms. The first-order valence-corrected chi connectivity index (χ1v) is 9.76. The van der Waals surface area contributed by atoms with Crippen LogP contribution < -0.4 is 11.5 Å². The van der Waals surface area contributed by atoms with E-state index in [1.807, 2.05) is 6.07 Å². The number of halogens is 3. The minimum Gasteiger partial charge on any atom is -0.480 e. The van der Waals surface area contributed by atoms with Gasteiger partial charge in [-0.2, -0.15) is 13.2 Å². The monoisotopic (exact) mass is 461 g/mol. The van der Waals surface area contributed by atoms with E-state index in [0.29, 0.717) is 16.5 Å². The van der Waals surface area contributed by atoms with Crippen molar-refractivity contribution in [1.29, 1.82) is 0 Å². The number of nitrogens with zero attached hydrogens (tertiary/aromatic N) is 1. The first-order valence-electron chi connectivity index (χ1n) is 8.94. The quantitative estimate of drug-likeness (QED) is 0.547. The number of rotatable bonds is 3. The number of aliphatic carboxylic acids is 2. The molecule has 3 rings (SSSR count). The van der Waals surface area contributed by atoms with E-state index in [-0.39, 0.29) is 0 Å². The summed E-state index contributed by atoms with van der Waals surface area (Å²) in [5.41, 5.74) is 12.2. The Kier molecular flexibility index (Phi) is 9.59. The topological polar surface area (TPSA) is 157 Å². The largest absolute Gasteiger partial charge is 0.490 e. The van der Waals surface area contributed by atoms with Crippen molar-refractivity contribution < 1.29 is 37.8 Å². The van der Waals surface area contributed by atoms with Gasteiger partial charge in [0.2, 0.25) is 0 Å². The second kappa shape index (κ2) is 11.4. The number of hydrogen-bond donors (Lipinski definition) is 4. The Hall–Kier alpha value is -2.99. The summed E-state index contributed by atoms with van der Waals surface area (Å²) in [6.07, 6.45) is -1.83. The van der Waals surface area contributed by atoms with Gasteiger partial charge in [-0.05, 0) is 30.7 Å². The molecule has 8 nitrogen and oxygen atoms in total. The first-order chi connectivity index (χ1) is 14.3. The van der Waals surface area contributed by atoms with E-state index in [1.54, 1.807) is 24.3 Å². The number of amides is 1. The van der Waals surface area contributed by atoms with E-state index in [1.165, 1.54) is 22.6 Å². The number of carboxylic acid groups (broad SMARTS) is 2. The van der Waals surface area contributed by atoms with Gasteiger partial charge in [0.1, 0.15) is 6.04 Å². The van der Waals surface area contributed by atoms with Crippen LogP contribution in [0.4, 0.5) is 13.2 Å². The second-order valence-electron chi connectivity index (χ2n) is 6.63. The number of thiazole rings is 1. The van der Waals surface area contributed by atoms with Gasteiger partial charge in [-0.3, -0.25) is 9.59 Å². The van der Waals surface area contributed by atoms with Crippen molar-refractivity contribution in [2.75, 3.05) is 0 Å². The molecular formula is C19H22F3N3O5S. The molecule has 1 aliphatic rings. The van der Waals surface area contributed by atoms with Crippen LogP contribution in [0.5, 0.6) is 0 Å². The van der Waals surface area contributed by atoms with Gasteiger partial charge in [-0.25, -0.2) is 9.78 Å². The Morgan fingerprint density at radius 3 is 2.19 bits per heavy atom. The first kappa shape index (κ1) is 26.0. The van der Waals surface area contributed by atoms with Crippen LogP contribution in [0.25, 0.3) is 0 Å². The zero-order valence-corrected chi connectivity index (χ0v) is 17.2. The molecule has 0 saturated heterocycles. The fourth-order valence-electron chi connectivity index (χ4n) is 2.46. The molecular weight excluding hydrogens is 439 g/mol.